The number of benzene rings is 2. The highest BCUT2D eigenvalue weighted by atomic mass is 127. The molecule has 1 fully saturated rings. The SMILES string of the molecule is CN=C(NCc1ccc(Cl)cc1)NCC1CC(=O)N(CCc2ccccc2)C1.I. The molecule has 0 aliphatic carbocycles. The summed E-state index contributed by atoms with van der Waals surface area (Å²) in [5.41, 5.74) is 2.40. The van der Waals surface area contributed by atoms with Crippen LogP contribution in [0.3, 0.4) is 0 Å². The number of amides is 1. The Kier molecular flexibility index (Phi) is 9.73. The van der Waals surface area contributed by atoms with E-state index in [0.717, 1.165) is 42.6 Å². The van der Waals surface area contributed by atoms with E-state index in [9.17, 15) is 4.79 Å². The number of carbonyl (C=O) groups excluding carboxylic acids is 1. The lowest BCUT2D eigenvalue weighted by Gasteiger charge is -2.18. The molecule has 29 heavy (non-hydrogen) atoms. The molecular weight excluding hydrogens is 499 g/mol. The summed E-state index contributed by atoms with van der Waals surface area (Å²) in [4.78, 5) is 18.5. The van der Waals surface area contributed by atoms with E-state index in [1.165, 1.54) is 5.56 Å². The van der Waals surface area contributed by atoms with E-state index in [2.05, 4.69) is 27.8 Å². The average molecular weight is 527 g/mol. The van der Waals surface area contributed by atoms with Crippen LogP contribution in [0.1, 0.15) is 17.5 Å². The van der Waals surface area contributed by atoms with Gasteiger partial charge in [0.1, 0.15) is 0 Å². The first kappa shape index (κ1) is 23.5. The molecule has 156 valence electrons. The molecule has 7 heteroatoms. The topological polar surface area (TPSA) is 56.7 Å². The Balaban J connectivity index is 0.00000300. The first-order valence-corrected chi connectivity index (χ1v) is 10.0. The maximum Gasteiger partial charge on any atom is 0.223 e. The quantitative estimate of drug-likeness (QED) is 0.329. The third-order valence-corrected chi connectivity index (χ3v) is 5.21. The van der Waals surface area contributed by atoms with Crippen molar-refractivity contribution in [1.29, 1.82) is 0 Å². The van der Waals surface area contributed by atoms with Gasteiger partial charge in [-0.25, -0.2) is 0 Å². The number of nitrogens with zero attached hydrogens (tertiary/aromatic N) is 2. The number of rotatable bonds is 7. The Morgan fingerprint density at radius 3 is 2.52 bits per heavy atom. The fourth-order valence-corrected chi connectivity index (χ4v) is 3.49. The molecule has 3 rings (SSSR count). The molecule has 0 bridgehead atoms. The third-order valence-electron chi connectivity index (χ3n) is 4.96. The second-order valence-corrected chi connectivity index (χ2v) is 7.52. The van der Waals surface area contributed by atoms with Gasteiger partial charge in [-0.3, -0.25) is 9.79 Å². The van der Waals surface area contributed by atoms with Crippen molar-refractivity contribution in [2.45, 2.75) is 19.4 Å². The van der Waals surface area contributed by atoms with Gasteiger partial charge in [0.05, 0.1) is 0 Å². The Morgan fingerprint density at radius 1 is 1.10 bits per heavy atom. The van der Waals surface area contributed by atoms with Gasteiger partial charge >= 0.3 is 0 Å². The molecule has 0 aromatic heterocycles. The fraction of sp³-hybridized carbons (Fsp3) is 0.364. The number of guanidine groups is 1. The molecule has 1 aliphatic rings. The first-order valence-electron chi connectivity index (χ1n) is 9.64. The third kappa shape index (κ3) is 7.51. The number of hydrogen-bond donors (Lipinski definition) is 2. The predicted molar refractivity (Wildman–Crippen MR) is 130 cm³/mol. The molecule has 0 saturated carbocycles. The Hall–Kier alpha value is -1.80. The molecule has 2 N–H and O–H groups in total. The van der Waals surface area contributed by atoms with Gasteiger partial charge in [-0.1, -0.05) is 54.1 Å². The van der Waals surface area contributed by atoms with Crippen LogP contribution < -0.4 is 10.6 Å². The summed E-state index contributed by atoms with van der Waals surface area (Å²) in [6.07, 6.45) is 1.49. The molecule has 0 radical (unpaired) electrons. The highest BCUT2D eigenvalue weighted by Gasteiger charge is 2.29. The second-order valence-electron chi connectivity index (χ2n) is 7.08. The summed E-state index contributed by atoms with van der Waals surface area (Å²) in [5.74, 6) is 1.29. The van der Waals surface area contributed by atoms with E-state index in [1.54, 1.807) is 7.05 Å². The zero-order valence-corrected chi connectivity index (χ0v) is 19.7. The van der Waals surface area contributed by atoms with Gasteiger partial charge in [0.2, 0.25) is 5.91 Å². The minimum absolute atomic E-state index is 0. The minimum atomic E-state index is 0. The highest BCUT2D eigenvalue weighted by Crippen LogP contribution is 2.17. The van der Waals surface area contributed by atoms with Crippen molar-refractivity contribution in [1.82, 2.24) is 15.5 Å². The summed E-state index contributed by atoms with van der Waals surface area (Å²) >= 11 is 5.92. The standard InChI is InChI=1S/C22H27ClN4O.HI/c1-24-22(25-14-18-7-9-20(23)10-8-18)26-15-19-13-21(28)27(16-19)12-11-17-5-3-2-4-6-17;/h2-10,19H,11-16H2,1H3,(H2,24,25,26);1H. The van der Waals surface area contributed by atoms with Crippen LogP contribution in [-0.2, 0) is 17.8 Å². The van der Waals surface area contributed by atoms with Crippen molar-refractivity contribution in [3.8, 4) is 0 Å². The normalized spacial score (nSPS) is 16.5. The van der Waals surface area contributed by atoms with Crippen LogP contribution in [0.2, 0.25) is 5.02 Å². The summed E-state index contributed by atoms with van der Waals surface area (Å²) in [6.45, 7) is 2.98. The number of hydrogen-bond acceptors (Lipinski definition) is 2. The molecule has 0 spiro atoms. The molecular formula is C22H28ClIN4O. The van der Waals surface area contributed by atoms with Crippen LogP contribution in [0.15, 0.2) is 59.6 Å². The van der Waals surface area contributed by atoms with Gasteiger partial charge in [0.15, 0.2) is 5.96 Å². The van der Waals surface area contributed by atoms with Gasteiger partial charge in [0.25, 0.3) is 0 Å². The molecule has 1 amide bonds. The summed E-state index contributed by atoms with van der Waals surface area (Å²) in [5, 5.41) is 7.37. The lowest BCUT2D eigenvalue weighted by molar-refractivity contribution is -0.127. The van der Waals surface area contributed by atoms with E-state index in [-0.39, 0.29) is 29.9 Å². The van der Waals surface area contributed by atoms with Crippen LogP contribution in [-0.4, -0.2) is 43.4 Å². The maximum absolute atomic E-state index is 12.3. The number of likely N-dealkylation sites (tertiary alicyclic amines) is 1. The molecule has 1 saturated heterocycles. The molecule has 5 nitrogen and oxygen atoms in total. The predicted octanol–water partition coefficient (Wildman–Crippen LogP) is 3.71. The van der Waals surface area contributed by atoms with Crippen LogP contribution >= 0.6 is 35.6 Å². The molecule has 1 atom stereocenters. The van der Waals surface area contributed by atoms with E-state index < -0.39 is 0 Å². The van der Waals surface area contributed by atoms with Crippen LogP contribution in [0, 0.1) is 5.92 Å². The van der Waals surface area contributed by atoms with Gasteiger partial charge in [-0.05, 0) is 29.7 Å². The van der Waals surface area contributed by atoms with E-state index in [1.807, 2.05) is 47.4 Å². The largest absolute Gasteiger partial charge is 0.356 e. The van der Waals surface area contributed by atoms with E-state index >= 15 is 0 Å². The average Bonchev–Trinajstić information content (AvgIpc) is 3.08. The van der Waals surface area contributed by atoms with Crippen molar-refractivity contribution in [2.24, 2.45) is 10.9 Å². The Labute approximate surface area is 194 Å². The summed E-state index contributed by atoms with van der Waals surface area (Å²) in [7, 11) is 1.75. The lowest BCUT2D eigenvalue weighted by Crippen LogP contribution is -2.40. The van der Waals surface area contributed by atoms with Crippen molar-refractivity contribution < 1.29 is 4.79 Å². The summed E-state index contributed by atoms with van der Waals surface area (Å²) in [6, 6.07) is 18.0. The monoisotopic (exact) mass is 526 g/mol. The summed E-state index contributed by atoms with van der Waals surface area (Å²) < 4.78 is 0. The fourth-order valence-electron chi connectivity index (χ4n) is 3.37. The van der Waals surface area contributed by atoms with Gasteiger partial charge in [-0.2, -0.15) is 0 Å². The first-order chi connectivity index (χ1) is 13.6. The molecule has 1 unspecified atom stereocenters. The van der Waals surface area contributed by atoms with Gasteiger partial charge in [-0.15, -0.1) is 24.0 Å². The van der Waals surface area contributed by atoms with Crippen LogP contribution in [0.4, 0.5) is 0 Å². The number of nitrogens with one attached hydrogen (secondary N) is 2. The lowest BCUT2D eigenvalue weighted by atomic mass is 10.1. The number of carbonyl (C=O) groups is 1. The minimum Gasteiger partial charge on any atom is -0.356 e. The number of aliphatic imine (C=N–C) groups is 1. The van der Waals surface area contributed by atoms with Crippen LogP contribution in [0.25, 0.3) is 0 Å². The molecule has 1 heterocycles. The smallest absolute Gasteiger partial charge is 0.223 e. The molecule has 1 aliphatic heterocycles. The van der Waals surface area contributed by atoms with Crippen molar-refractivity contribution in [2.75, 3.05) is 26.7 Å². The molecule has 2 aromatic carbocycles. The second kappa shape index (κ2) is 12.0. The van der Waals surface area contributed by atoms with Crippen molar-refractivity contribution in [3.05, 3.63) is 70.7 Å². The molecule has 2 aromatic rings. The van der Waals surface area contributed by atoms with Crippen molar-refractivity contribution in [3.63, 3.8) is 0 Å². The number of halogens is 2. The zero-order valence-electron chi connectivity index (χ0n) is 16.6. The van der Waals surface area contributed by atoms with Gasteiger partial charge < -0.3 is 15.5 Å². The van der Waals surface area contributed by atoms with E-state index in [0.29, 0.717) is 18.9 Å². The Bertz CT molecular complexity index is 798. The van der Waals surface area contributed by atoms with E-state index in [4.69, 9.17) is 11.6 Å². The highest BCUT2D eigenvalue weighted by molar-refractivity contribution is 14.0. The maximum atomic E-state index is 12.3. The Morgan fingerprint density at radius 2 is 1.83 bits per heavy atom. The van der Waals surface area contributed by atoms with Crippen molar-refractivity contribution >= 4 is 47.4 Å². The van der Waals surface area contributed by atoms with Gasteiger partial charge in [0, 0.05) is 50.6 Å². The zero-order chi connectivity index (χ0) is 19.8. The van der Waals surface area contributed by atoms with Crippen LogP contribution in [0.5, 0.6) is 0 Å².